The smallest absolute Gasteiger partial charge is 0.371 e. The van der Waals surface area contributed by atoms with Crippen molar-refractivity contribution < 1.29 is 14.3 Å². The molecule has 1 aliphatic heterocycles. The van der Waals surface area contributed by atoms with Crippen LogP contribution in [0.3, 0.4) is 0 Å². The van der Waals surface area contributed by atoms with Crippen LogP contribution in [-0.4, -0.2) is 74.2 Å². The van der Waals surface area contributed by atoms with Gasteiger partial charge in [0, 0.05) is 45.3 Å². The van der Waals surface area contributed by atoms with E-state index in [1.165, 1.54) is 6.07 Å². The highest BCUT2D eigenvalue weighted by Crippen LogP contribution is 2.20. The molecule has 1 aliphatic rings. The van der Waals surface area contributed by atoms with Crippen LogP contribution in [0.2, 0.25) is 0 Å². The topological polar surface area (TPSA) is 60.2 Å². The molecule has 0 atom stereocenters. The predicted molar refractivity (Wildman–Crippen MR) is 72.9 cm³/mol. The average molecular weight is 267 g/mol. The number of aromatic carboxylic acids is 1. The summed E-state index contributed by atoms with van der Waals surface area (Å²) in [4.78, 5) is 17.5. The lowest BCUT2D eigenvalue weighted by molar-refractivity contribution is 0.0663. The van der Waals surface area contributed by atoms with Gasteiger partial charge in [-0.1, -0.05) is 0 Å². The summed E-state index contributed by atoms with van der Waals surface area (Å²) < 4.78 is 5.32. The third-order valence-electron chi connectivity index (χ3n) is 3.35. The number of hydrogen-bond acceptors (Lipinski definition) is 5. The maximum Gasteiger partial charge on any atom is 0.371 e. The van der Waals surface area contributed by atoms with E-state index in [4.69, 9.17) is 9.52 Å². The highest BCUT2D eigenvalue weighted by atomic mass is 16.4. The van der Waals surface area contributed by atoms with Gasteiger partial charge < -0.3 is 19.3 Å². The Kier molecular flexibility index (Phi) is 4.44. The van der Waals surface area contributed by atoms with Crippen molar-refractivity contribution in [3.8, 4) is 0 Å². The zero-order valence-electron chi connectivity index (χ0n) is 11.5. The number of rotatable bonds is 5. The quantitative estimate of drug-likeness (QED) is 0.846. The van der Waals surface area contributed by atoms with Crippen LogP contribution in [0.15, 0.2) is 16.5 Å². The Bertz CT molecular complexity index is 423. The minimum Gasteiger partial charge on any atom is -0.475 e. The first-order chi connectivity index (χ1) is 9.06. The lowest BCUT2D eigenvalue weighted by atomic mass is 10.3. The molecule has 2 rings (SSSR count). The number of carboxylic acid groups (broad SMARTS) is 1. The molecule has 6 nitrogen and oxygen atoms in total. The van der Waals surface area contributed by atoms with Crippen molar-refractivity contribution in [2.45, 2.75) is 0 Å². The minimum atomic E-state index is -1.02. The molecule has 1 fully saturated rings. The number of anilines is 1. The molecule has 19 heavy (non-hydrogen) atoms. The van der Waals surface area contributed by atoms with Gasteiger partial charge in [-0.05, 0) is 20.2 Å². The summed E-state index contributed by atoms with van der Waals surface area (Å²) >= 11 is 0. The van der Waals surface area contributed by atoms with Gasteiger partial charge in [-0.3, -0.25) is 4.90 Å². The first-order valence-corrected chi connectivity index (χ1v) is 6.51. The lowest BCUT2D eigenvalue weighted by Crippen LogP contribution is -2.48. The monoisotopic (exact) mass is 267 g/mol. The van der Waals surface area contributed by atoms with Crippen LogP contribution in [-0.2, 0) is 0 Å². The van der Waals surface area contributed by atoms with Crippen LogP contribution in [0.4, 0.5) is 5.88 Å². The van der Waals surface area contributed by atoms with Gasteiger partial charge in [0.25, 0.3) is 0 Å². The molecule has 0 unspecified atom stereocenters. The Morgan fingerprint density at radius 3 is 2.53 bits per heavy atom. The number of carbonyl (C=O) groups is 1. The van der Waals surface area contributed by atoms with Gasteiger partial charge in [0.2, 0.25) is 5.76 Å². The molecular weight excluding hydrogens is 246 g/mol. The first kappa shape index (κ1) is 13.9. The number of likely N-dealkylation sites (N-methyl/N-ethyl adjacent to an activating group) is 1. The molecule has 2 heterocycles. The van der Waals surface area contributed by atoms with Crippen LogP contribution in [0.1, 0.15) is 10.6 Å². The standard InChI is InChI=1S/C13H21N3O3/c1-14(2)5-6-15-7-9-16(10-8-15)12-4-3-11(19-12)13(17)18/h3-4H,5-10H2,1-2H3,(H,17,18). The Morgan fingerprint density at radius 1 is 1.32 bits per heavy atom. The van der Waals surface area contributed by atoms with Gasteiger partial charge in [-0.25, -0.2) is 4.79 Å². The van der Waals surface area contributed by atoms with E-state index in [-0.39, 0.29) is 5.76 Å². The zero-order valence-corrected chi connectivity index (χ0v) is 11.5. The van der Waals surface area contributed by atoms with Crippen LogP contribution < -0.4 is 4.90 Å². The minimum absolute atomic E-state index is 0.00466. The van der Waals surface area contributed by atoms with Crippen LogP contribution in [0, 0.1) is 0 Å². The molecule has 1 N–H and O–H groups in total. The van der Waals surface area contributed by atoms with E-state index >= 15 is 0 Å². The fraction of sp³-hybridized carbons (Fsp3) is 0.615. The van der Waals surface area contributed by atoms with E-state index in [1.54, 1.807) is 6.07 Å². The summed E-state index contributed by atoms with van der Waals surface area (Å²) in [5.41, 5.74) is 0. The Hall–Kier alpha value is -1.53. The summed E-state index contributed by atoms with van der Waals surface area (Å²) in [5, 5.41) is 8.84. The van der Waals surface area contributed by atoms with Gasteiger partial charge in [-0.2, -0.15) is 0 Å². The second kappa shape index (κ2) is 6.08. The van der Waals surface area contributed by atoms with Gasteiger partial charge in [0.05, 0.1) is 0 Å². The molecule has 0 radical (unpaired) electrons. The first-order valence-electron chi connectivity index (χ1n) is 6.51. The second-order valence-corrected chi connectivity index (χ2v) is 5.08. The molecule has 0 spiro atoms. The van der Waals surface area contributed by atoms with Crippen molar-refractivity contribution in [1.29, 1.82) is 0 Å². The third-order valence-corrected chi connectivity index (χ3v) is 3.35. The van der Waals surface area contributed by atoms with E-state index < -0.39 is 5.97 Å². The normalized spacial score (nSPS) is 17.1. The van der Waals surface area contributed by atoms with Gasteiger partial charge in [0.1, 0.15) is 0 Å². The lowest BCUT2D eigenvalue weighted by Gasteiger charge is -2.35. The zero-order chi connectivity index (χ0) is 13.8. The summed E-state index contributed by atoms with van der Waals surface area (Å²) in [6.07, 6.45) is 0. The third kappa shape index (κ3) is 3.71. The van der Waals surface area contributed by atoms with E-state index in [0.29, 0.717) is 5.88 Å². The molecule has 106 valence electrons. The van der Waals surface area contributed by atoms with Gasteiger partial charge >= 0.3 is 5.97 Å². The molecule has 1 saturated heterocycles. The van der Waals surface area contributed by atoms with Crippen LogP contribution in [0.5, 0.6) is 0 Å². The molecule has 0 amide bonds. The maximum absolute atomic E-state index is 10.8. The number of hydrogen-bond donors (Lipinski definition) is 1. The Balaban J connectivity index is 1.83. The van der Waals surface area contributed by atoms with Crippen LogP contribution >= 0.6 is 0 Å². The largest absolute Gasteiger partial charge is 0.475 e. The van der Waals surface area contributed by atoms with Crippen molar-refractivity contribution in [2.75, 3.05) is 58.3 Å². The van der Waals surface area contributed by atoms with Crippen molar-refractivity contribution in [1.82, 2.24) is 9.80 Å². The molecule has 0 aromatic carbocycles. The molecule has 0 aliphatic carbocycles. The molecule has 0 saturated carbocycles. The summed E-state index contributed by atoms with van der Waals surface area (Å²) in [5.74, 6) is -0.356. The van der Waals surface area contributed by atoms with Gasteiger partial charge in [-0.15, -0.1) is 0 Å². The highest BCUT2D eigenvalue weighted by Gasteiger charge is 2.20. The maximum atomic E-state index is 10.8. The summed E-state index contributed by atoms with van der Waals surface area (Å²) in [6, 6.07) is 3.25. The van der Waals surface area contributed by atoms with Gasteiger partial charge in [0.15, 0.2) is 5.88 Å². The van der Waals surface area contributed by atoms with Crippen molar-refractivity contribution in [3.63, 3.8) is 0 Å². The van der Waals surface area contributed by atoms with E-state index in [1.807, 2.05) is 0 Å². The predicted octanol–water partition coefficient (Wildman–Crippen LogP) is 0.661. The highest BCUT2D eigenvalue weighted by molar-refractivity contribution is 5.84. The molecule has 0 bridgehead atoms. The second-order valence-electron chi connectivity index (χ2n) is 5.08. The molecule has 6 heteroatoms. The van der Waals surface area contributed by atoms with Crippen molar-refractivity contribution in [2.24, 2.45) is 0 Å². The molecule has 1 aromatic heterocycles. The van der Waals surface area contributed by atoms with E-state index in [9.17, 15) is 4.79 Å². The van der Waals surface area contributed by atoms with Crippen molar-refractivity contribution >= 4 is 11.9 Å². The van der Waals surface area contributed by atoms with E-state index in [2.05, 4.69) is 28.8 Å². The molecule has 1 aromatic rings. The molecular formula is C13H21N3O3. The fourth-order valence-corrected chi connectivity index (χ4v) is 2.15. The fourth-order valence-electron chi connectivity index (χ4n) is 2.15. The Morgan fingerprint density at radius 2 is 2.00 bits per heavy atom. The van der Waals surface area contributed by atoms with E-state index in [0.717, 1.165) is 39.3 Å². The van der Waals surface area contributed by atoms with Crippen LogP contribution in [0.25, 0.3) is 0 Å². The number of nitrogens with zero attached hydrogens (tertiary/aromatic N) is 3. The van der Waals surface area contributed by atoms with Crippen molar-refractivity contribution in [3.05, 3.63) is 17.9 Å². The number of piperazine rings is 1. The SMILES string of the molecule is CN(C)CCN1CCN(c2ccc(C(=O)O)o2)CC1. The summed E-state index contributed by atoms with van der Waals surface area (Å²) in [6.45, 7) is 5.84. The Labute approximate surface area is 113 Å². The summed E-state index contributed by atoms with van der Waals surface area (Å²) in [7, 11) is 4.15. The number of carboxylic acids is 1. The average Bonchev–Trinajstić information content (AvgIpc) is 2.86. The number of furan rings is 1.